The van der Waals surface area contributed by atoms with Gasteiger partial charge in [0, 0.05) is 44.2 Å². The highest BCUT2D eigenvalue weighted by atomic mass is 19.4. The average Bonchev–Trinajstić information content (AvgIpc) is 2.88. The third-order valence-corrected chi connectivity index (χ3v) is 14.2. The number of hydrogen-bond acceptors (Lipinski definition) is 4. The van der Waals surface area contributed by atoms with Crippen LogP contribution in [0.1, 0.15) is 22.3 Å². The Bertz CT molecular complexity index is 4170. The summed E-state index contributed by atoms with van der Waals surface area (Å²) in [5, 5.41) is 0.672. The van der Waals surface area contributed by atoms with Crippen molar-refractivity contribution in [2.75, 3.05) is 0 Å². The zero-order valence-electron chi connectivity index (χ0n) is 42.6. The molecule has 3 heterocycles. The number of halogens is 12. The number of nitrogens with zero attached hydrogens (tertiary/aromatic N) is 5. The van der Waals surface area contributed by atoms with E-state index in [0.717, 1.165) is 17.7 Å². The van der Waals surface area contributed by atoms with Gasteiger partial charge in [0.25, 0.3) is 0 Å². The molecule has 17 heteroatoms. The summed E-state index contributed by atoms with van der Waals surface area (Å²) in [7, 11) is 0. The summed E-state index contributed by atoms with van der Waals surface area (Å²) in [6, 6.07) is 56.4. The molecule has 83 heavy (non-hydrogen) atoms. The van der Waals surface area contributed by atoms with Gasteiger partial charge in [-0.3, -0.25) is 0 Å². The molecule has 0 atom stereocenters. The third-order valence-electron chi connectivity index (χ3n) is 14.2. The summed E-state index contributed by atoms with van der Waals surface area (Å²) in [4.78, 5) is 20.2. The lowest BCUT2D eigenvalue weighted by molar-refractivity contribution is -0.144. The number of rotatable bonds is 9. The minimum absolute atomic E-state index is 0.0315. The normalized spacial score (nSPS) is 12.3. The zero-order valence-corrected chi connectivity index (χ0v) is 42.6. The molecule has 12 rings (SSSR count). The second kappa shape index (κ2) is 20.6. The fraction of sp³-hybridized carbons (Fsp3) is 0.0606. The smallest absolute Gasteiger partial charge is 0.309 e. The van der Waals surface area contributed by atoms with Gasteiger partial charge in [0.1, 0.15) is 0 Å². The average molecular weight is 1130 g/mol. The molecule has 0 saturated heterocycles. The van der Waals surface area contributed by atoms with E-state index in [-0.39, 0.29) is 51.5 Å². The maximum atomic E-state index is 15.0. The van der Waals surface area contributed by atoms with Crippen molar-refractivity contribution in [3.8, 4) is 95.7 Å². The molecule has 0 bridgehead atoms. The van der Waals surface area contributed by atoms with Crippen molar-refractivity contribution in [1.29, 1.82) is 0 Å². The molecule has 0 aliphatic rings. The minimum atomic E-state index is -5.28. The van der Waals surface area contributed by atoms with Crippen LogP contribution in [0.2, 0.25) is 0 Å². The summed E-state index contributed by atoms with van der Waals surface area (Å²) in [6.07, 6.45) is -20.8. The second-order valence-corrected chi connectivity index (χ2v) is 19.4. The number of fused-ring (bicyclic) bond motifs is 3. The van der Waals surface area contributed by atoms with Crippen LogP contribution in [0.15, 0.2) is 224 Å². The van der Waals surface area contributed by atoms with Crippen LogP contribution in [0, 0.1) is 0 Å². The van der Waals surface area contributed by atoms with Crippen LogP contribution in [0.5, 0.6) is 0 Å². The van der Waals surface area contributed by atoms with Gasteiger partial charge in [-0.25, -0.2) is 19.9 Å². The van der Waals surface area contributed by atoms with E-state index < -0.39 is 58.1 Å². The van der Waals surface area contributed by atoms with E-state index >= 15 is 0 Å². The van der Waals surface area contributed by atoms with Crippen molar-refractivity contribution in [1.82, 2.24) is 24.5 Å². The molecule has 9 aromatic carbocycles. The lowest BCUT2D eigenvalue weighted by Gasteiger charge is -2.19. The van der Waals surface area contributed by atoms with Gasteiger partial charge in [0.05, 0.1) is 61.8 Å². The Morgan fingerprint density at radius 1 is 0.265 bits per heavy atom. The predicted molar refractivity (Wildman–Crippen MR) is 295 cm³/mol. The fourth-order valence-electron chi connectivity index (χ4n) is 10.2. The van der Waals surface area contributed by atoms with Crippen LogP contribution >= 0.6 is 0 Å². The largest absolute Gasteiger partial charge is 0.417 e. The molecule has 0 unspecified atom stereocenters. The highest BCUT2D eigenvalue weighted by Crippen LogP contribution is 2.47. The third kappa shape index (κ3) is 10.6. The molecule has 0 aliphatic heterocycles. The highest BCUT2D eigenvalue weighted by molar-refractivity contribution is 6.12. The molecule has 0 aliphatic carbocycles. The lowest BCUT2D eigenvalue weighted by atomic mass is 9.95. The lowest BCUT2D eigenvalue weighted by Crippen LogP contribution is -2.12. The van der Waals surface area contributed by atoms with Crippen LogP contribution in [0.4, 0.5) is 52.7 Å². The van der Waals surface area contributed by atoms with Crippen molar-refractivity contribution in [3.05, 3.63) is 247 Å². The molecule has 0 fully saturated rings. The van der Waals surface area contributed by atoms with Crippen molar-refractivity contribution >= 4 is 21.8 Å². The van der Waals surface area contributed by atoms with Gasteiger partial charge in [-0.2, -0.15) is 52.7 Å². The first kappa shape index (κ1) is 53.7. The summed E-state index contributed by atoms with van der Waals surface area (Å²) >= 11 is 0. The van der Waals surface area contributed by atoms with Gasteiger partial charge in [0.2, 0.25) is 0 Å². The first-order valence-corrected chi connectivity index (χ1v) is 25.5. The van der Waals surface area contributed by atoms with E-state index in [4.69, 9.17) is 19.9 Å². The molecule has 12 aromatic rings. The van der Waals surface area contributed by atoms with Crippen LogP contribution in [-0.2, 0) is 24.7 Å². The highest BCUT2D eigenvalue weighted by Gasteiger charge is 2.40. The van der Waals surface area contributed by atoms with E-state index in [2.05, 4.69) is 0 Å². The maximum absolute atomic E-state index is 15.0. The Balaban J connectivity index is 1.20. The van der Waals surface area contributed by atoms with E-state index in [1.165, 1.54) is 36.4 Å². The number of alkyl halides is 12. The summed E-state index contributed by atoms with van der Waals surface area (Å²) < 4.78 is 176. The van der Waals surface area contributed by atoms with Crippen LogP contribution in [0.3, 0.4) is 0 Å². The molecular formula is C66H37F12N5. The molecule has 3 aromatic heterocycles. The summed E-state index contributed by atoms with van der Waals surface area (Å²) in [6.45, 7) is 0. The predicted octanol–water partition coefficient (Wildman–Crippen LogP) is 19.8. The number of aromatic nitrogens is 5. The van der Waals surface area contributed by atoms with Crippen LogP contribution in [-0.4, -0.2) is 24.5 Å². The van der Waals surface area contributed by atoms with Crippen molar-refractivity contribution in [3.63, 3.8) is 0 Å². The number of benzene rings is 9. The zero-order chi connectivity index (χ0) is 58.0. The van der Waals surface area contributed by atoms with Crippen LogP contribution in [0.25, 0.3) is 118 Å². The van der Waals surface area contributed by atoms with Crippen molar-refractivity contribution < 1.29 is 52.7 Å². The molecule has 0 radical (unpaired) electrons. The second-order valence-electron chi connectivity index (χ2n) is 19.4. The van der Waals surface area contributed by atoms with Gasteiger partial charge in [-0.05, 0) is 82.9 Å². The number of hydrogen-bond donors (Lipinski definition) is 0. The van der Waals surface area contributed by atoms with E-state index in [0.29, 0.717) is 73.6 Å². The van der Waals surface area contributed by atoms with Crippen molar-refractivity contribution in [2.24, 2.45) is 0 Å². The Morgan fingerprint density at radius 3 is 1.02 bits per heavy atom. The van der Waals surface area contributed by atoms with E-state index in [1.54, 1.807) is 47.0 Å². The topological polar surface area (TPSA) is 56.5 Å². The van der Waals surface area contributed by atoms with Gasteiger partial charge in [-0.15, -0.1) is 0 Å². The SMILES string of the molecule is FC(F)(F)c1ccc(-c2ccc3c4ccc(-c5ccc(C(F)(F)F)cc5C(F)(F)F)cc4n(-c4ccc(-c5cc(-c6ccccc6)nc(-c6ccccc6)n5)cc4-c4cc(-c5ccccc5)nc(-c5ccccc5)n4)c3c2)c(C(F)(F)F)c1. The monoisotopic (exact) mass is 1130 g/mol. The fourth-order valence-corrected chi connectivity index (χ4v) is 10.2. The Kier molecular flexibility index (Phi) is 13.3. The van der Waals surface area contributed by atoms with E-state index in [1.807, 2.05) is 109 Å². The van der Waals surface area contributed by atoms with Gasteiger partial charge in [-0.1, -0.05) is 164 Å². The molecular weight excluding hydrogens is 1090 g/mol. The summed E-state index contributed by atoms with van der Waals surface area (Å²) in [5.74, 6) is 0.645. The first-order valence-electron chi connectivity index (χ1n) is 25.5. The van der Waals surface area contributed by atoms with Crippen LogP contribution < -0.4 is 0 Å². The van der Waals surface area contributed by atoms with Gasteiger partial charge in [0.15, 0.2) is 11.6 Å². The van der Waals surface area contributed by atoms with E-state index in [9.17, 15) is 52.7 Å². The Labute approximate surface area is 464 Å². The first-order chi connectivity index (χ1) is 39.7. The Morgan fingerprint density at radius 2 is 0.627 bits per heavy atom. The van der Waals surface area contributed by atoms with Gasteiger partial charge >= 0.3 is 24.7 Å². The summed E-state index contributed by atoms with van der Waals surface area (Å²) in [5.41, 5.74) is -1.97. The molecule has 410 valence electrons. The Hall–Kier alpha value is -9.90. The standard InChI is InChI=1S/C66H37F12N5/c67-63(68,69)45-24-28-47(52(34-45)65(73,74)75)42-21-26-49-50-27-22-43(48-29-25-46(64(70,71)72)35-53(48)66(76,77)78)33-60(50)83(59(49)32-42)58-30-23-44(56-36-54(38-13-5-1-6-14-38)79-61(81-56)40-17-9-3-10-18-40)31-51(58)57-37-55(39-15-7-2-8-16-39)80-62(82-57)41-19-11-4-12-20-41/h1-37H. The molecule has 0 saturated carbocycles. The van der Waals surface area contributed by atoms with Gasteiger partial charge < -0.3 is 4.57 Å². The molecule has 0 amide bonds. The quantitative estimate of drug-likeness (QED) is 0.135. The molecule has 5 nitrogen and oxygen atoms in total. The van der Waals surface area contributed by atoms with Crippen molar-refractivity contribution in [2.45, 2.75) is 24.7 Å². The molecule has 0 spiro atoms. The molecule has 0 N–H and O–H groups in total. The maximum Gasteiger partial charge on any atom is 0.417 e. The minimum Gasteiger partial charge on any atom is -0.309 e.